The Hall–Kier alpha value is -0.870. The molecular weight excluding hydrogens is 246 g/mol. The topological polar surface area (TPSA) is 46.2 Å². The Morgan fingerprint density at radius 2 is 1.67 bits per heavy atom. The predicted octanol–water partition coefficient (Wildman–Crippen LogP) is 2.41. The van der Waals surface area contributed by atoms with Gasteiger partial charge in [-0.15, -0.1) is 0 Å². The molecule has 0 aliphatic carbocycles. The predicted molar refractivity (Wildman–Crippen MR) is 75.6 cm³/mol. The van der Waals surface area contributed by atoms with Gasteiger partial charge in [0.1, 0.15) is 0 Å². The molecule has 1 aromatic carbocycles. The first-order chi connectivity index (χ1) is 8.18. The summed E-state index contributed by atoms with van der Waals surface area (Å²) in [5.41, 5.74) is 1.33. The highest BCUT2D eigenvalue weighted by molar-refractivity contribution is 7.90. The SMILES string of the molecule is CC(C)(C)NCCCc1ccc(S(C)(=O)=O)cc1. The lowest BCUT2D eigenvalue weighted by atomic mass is 10.1. The van der Waals surface area contributed by atoms with Crippen molar-refractivity contribution in [2.45, 2.75) is 44.0 Å². The van der Waals surface area contributed by atoms with Gasteiger partial charge in [-0.05, 0) is 57.9 Å². The molecule has 0 saturated heterocycles. The maximum atomic E-state index is 11.3. The summed E-state index contributed by atoms with van der Waals surface area (Å²) in [4.78, 5) is 0.388. The number of aryl methyl sites for hydroxylation is 1. The summed E-state index contributed by atoms with van der Waals surface area (Å²) < 4.78 is 22.6. The monoisotopic (exact) mass is 269 g/mol. The molecule has 0 atom stereocenters. The van der Waals surface area contributed by atoms with Crippen LogP contribution in [0.25, 0.3) is 0 Å². The molecule has 102 valence electrons. The van der Waals surface area contributed by atoms with Gasteiger partial charge in [0.05, 0.1) is 4.90 Å². The standard InChI is InChI=1S/C14H23NO2S/c1-14(2,3)15-11-5-6-12-7-9-13(10-8-12)18(4,16)17/h7-10,15H,5-6,11H2,1-4H3. The van der Waals surface area contributed by atoms with Crippen molar-refractivity contribution >= 4 is 9.84 Å². The highest BCUT2D eigenvalue weighted by Gasteiger charge is 2.08. The Labute approximate surface area is 111 Å². The van der Waals surface area contributed by atoms with Gasteiger partial charge in [0.15, 0.2) is 9.84 Å². The highest BCUT2D eigenvalue weighted by Crippen LogP contribution is 2.11. The molecule has 0 bridgehead atoms. The quantitative estimate of drug-likeness (QED) is 0.835. The third-order valence-electron chi connectivity index (χ3n) is 2.65. The minimum Gasteiger partial charge on any atom is -0.312 e. The molecule has 0 heterocycles. The number of nitrogens with one attached hydrogen (secondary N) is 1. The van der Waals surface area contributed by atoms with E-state index in [0.29, 0.717) is 4.90 Å². The molecule has 1 rings (SSSR count). The fourth-order valence-corrected chi connectivity index (χ4v) is 2.29. The molecule has 0 amide bonds. The van der Waals surface area contributed by atoms with E-state index in [-0.39, 0.29) is 5.54 Å². The van der Waals surface area contributed by atoms with Crippen LogP contribution in [-0.2, 0) is 16.3 Å². The Kier molecular flexibility index (Phi) is 4.93. The smallest absolute Gasteiger partial charge is 0.175 e. The van der Waals surface area contributed by atoms with Crippen LogP contribution in [0.3, 0.4) is 0 Å². The third kappa shape index (κ3) is 5.65. The number of rotatable bonds is 5. The van der Waals surface area contributed by atoms with Crippen molar-refractivity contribution in [3.63, 3.8) is 0 Å². The van der Waals surface area contributed by atoms with Crippen LogP contribution in [0.5, 0.6) is 0 Å². The van der Waals surface area contributed by atoms with E-state index in [1.54, 1.807) is 12.1 Å². The number of benzene rings is 1. The number of hydrogen-bond acceptors (Lipinski definition) is 3. The summed E-state index contributed by atoms with van der Waals surface area (Å²) in [5.74, 6) is 0. The van der Waals surface area contributed by atoms with Gasteiger partial charge >= 0.3 is 0 Å². The lowest BCUT2D eigenvalue weighted by Gasteiger charge is -2.20. The molecular formula is C14H23NO2S. The van der Waals surface area contributed by atoms with Crippen LogP contribution >= 0.6 is 0 Å². The molecule has 0 aliphatic rings. The normalized spacial score (nSPS) is 12.7. The average Bonchev–Trinajstić information content (AvgIpc) is 2.22. The molecule has 1 N–H and O–H groups in total. The second-order valence-corrected chi connectivity index (χ2v) is 7.71. The zero-order valence-corrected chi connectivity index (χ0v) is 12.5. The summed E-state index contributed by atoms with van der Waals surface area (Å²) in [5, 5.41) is 3.43. The maximum Gasteiger partial charge on any atom is 0.175 e. The van der Waals surface area contributed by atoms with E-state index < -0.39 is 9.84 Å². The fraction of sp³-hybridized carbons (Fsp3) is 0.571. The Balaban J connectivity index is 2.45. The van der Waals surface area contributed by atoms with Gasteiger partial charge in [0.25, 0.3) is 0 Å². The van der Waals surface area contributed by atoms with Gasteiger partial charge in [0, 0.05) is 11.8 Å². The largest absolute Gasteiger partial charge is 0.312 e. The fourth-order valence-electron chi connectivity index (χ4n) is 1.66. The number of sulfone groups is 1. The van der Waals surface area contributed by atoms with Gasteiger partial charge in [-0.2, -0.15) is 0 Å². The second-order valence-electron chi connectivity index (χ2n) is 5.70. The van der Waals surface area contributed by atoms with Gasteiger partial charge in [-0.3, -0.25) is 0 Å². The molecule has 0 spiro atoms. The van der Waals surface area contributed by atoms with E-state index in [1.807, 2.05) is 12.1 Å². The van der Waals surface area contributed by atoms with Crippen LogP contribution < -0.4 is 5.32 Å². The van der Waals surface area contributed by atoms with Crippen molar-refractivity contribution in [2.75, 3.05) is 12.8 Å². The molecule has 0 unspecified atom stereocenters. The molecule has 1 aromatic rings. The van der Waals surface area contributed by atoms with Crippen molar-refractivity contribution in [1.82, 2.24) is 5.32 Å². The van der Waals surface area contributed by atoms with Crippen LogP contribution in [-0.4, -0.2) is 26.8 Å². The van der Waals surface area contributed by atoms with E-state index in [0.717, 1.165) is 19.4 Å². The van der Waals surface area contributed by atoms with Crippen molar-refractivity contribution in [2.24, 2.45) is 0 Å². The van der Waals surface area contributed by atoms with Crippen molar-refractivity contribution in [3.8, 4) is 0 Å². The third-order valence-corrected chi connectivity index (χ3v) is 3.78. The molecule has 4 heteroatoms. The summed E-state index contributed by atoms with van der Waals surface area (Å²) in [6.45, 7) is 7.41. The van der Waals surface area contributed by atoms with Crippen LogP contribution in [0.1, 0.15) is 32.8 Å². The van der Waals surface area contributed by atoms with E-state index in [1.165, 1.54) is 11.8 Å². The van der Waals surface area contributed by atoms with E-state index in [4.69, 9.17) is 0 Å². The summed E-state index contributed by atoms with van der Waals surface area (Å²) in [6.07, 6.45) is 3.25. The molecule has 0 fully saturated rings. The Bertz CT molecular complexity index is 470. The summed E-state index contributed by atoms with van der Waals surface area (Å²) >= 11 is 0. The summed E-state index contributed by atoms with van der Waals surface area (Å²) in [6, 6.07) is 7.16. The van der Waals surface area contributed by atoms with Gasteiger partial charge in [-0.1, -0.05) is 12.1 Å². The molecule has 18 heavy (non-hydrogen) atoms. The molecule has 0 aromatic heterocycles. The first-order valence-electron chi connectivity index (χ1n) is 6.22. The first kappa shape index (κ1) is 15.2. The van der Waals surface area contributed by atoms with Crippen molar-refractivity contribution in [3.05, 3.63) is 29.8 Å². The van der Waals surface area contributed by atoms with Crippen LogP contribution in [0.15, 0.2) is 29.2 Å². The van der Waals surface area contributed by atoms with E-state index >= 15 is 0 Å². The minimum absolute atomic E-state index is 0.153. The molecule has 0 radical (unpaired) electrons. The maximum absolute atomic E-state index is 11.3. The van der Waals surface area contributed by atoms with Crippen LogP contribution in [0, 0.1) is 0 Å². The number of hydrogen-bond donors (Lipinski definition) is 1. The Morgan fingerprint density at radius 1 is 1.11 bits per heavy atom. The minimum atomic E-state index is -3.08. The summed E-state index contributed by atoms with van der Waals surface area (Å²) in [7, 11) is -3.08. The first-order valence-corrected chi connectivity index (χ1v) is 8.12. The van der Waals surface area contributed by atoms with E-state index in [9.17, 15) is 8.42 Å². The zero-order chi connectivity index (χ0) is 13.8. The Morgan fingerprint density at radius 3 is 2.11 bits per heavy atom. The second kappa shape index (κ2) is 5.85. The molecule has 0 aliphatic heterocycles. The molecule has 0 saturated carbocycles. The van der Waals surface area contributed by atoms with Crippen molar-refractivity contribution in [1.29, 1.82) is 0 Å². The van der Waals surface area contributed by atoms with Crippen LogP contribution in [0.2, 0.25) is 0 Å². The average molecular weight is 269 g/mol. The zero-order valence-electron chi connectivity index (χ0n) is 11.7. The van der Waals surface area contributed by atoms with E-state index in [2.05, 4.69) is 26.1 Å². The van der Waals surface area contributed by atoms with Gasteiger partial charge in [-0.25, -0.2) is 8.42 Å². The van der Waals surface area contributed by atoms with Crippen molar-refractivity contribution < 1.29 is 8.42 Å². The van der Waals surface area contributed by atoms with Crippen LogP contribution in [0.4, 0.5) is 0 Å². The van der Waals surface area contributed by atoms with Gasteiger partial charge in [0.2, 0.25) is 0 Å². The lowest BCUT2D eigenvalue weighted by Crippen LogP contribution is -2.36. The lowest BCUT2D eigenvalue weighted by molar-refractivity contribution is 0.422. The highest BCUT2D eigenvalue weighted by atomic mass is 32.2. The molecule has 3 nitrogen and oxygen atoms in total. The van der Waals surface area contributed by atoms with Gasteiger partial charge < -0.3 is 5.32 Å².